The van der Waals surface area contributed by atoms with E-state index in [0.717, 1.165) is 22.4 Å². The van der Waals surface area contributed by atoms with Gasteiger partial charge in [0.25, 0.3) is 5.91 Å². The van der Waals surface area contributed by atoms with E-state index in [1.54, 1.807) is 0 Å². The van der Waals surface area contributed by atoms with E-state index in [1.165, 1.54) is 11.8 Å². The second-order valence-corrected chi connectivity index (χ2v) is 9.53. The monoisotopic (exact) mass is 468 g/mol. The van der Waals surface area contributed by atoms with Crippen LogP contribution in [0.15, 0.2) is 94.9 Å². The molecule has 2 amide bonds. The highest BCUT2D eigenvalue weighted by Crippen LogP contribution is 2.36. The highest BCUT2D eigenvalue weighted by molar-refractivity contribution is 8.14. The molecule has 2 atom stereocenters. The molecule has 0 saturated heterocycles. The SMILES string of the molecule is CC(SC1=Nc2ccccc2C2=NC(=O)C(Cc3ccccc3)N12)C(=O)NCc1ccccc1. The van der Waals surface area contributed by atoms with Gasteiger partial charge in [-0.15, -0.1) is 0 Å². The fraction of sp³-hybridized carbons (Fsp3) is 0.185. The molecule has 2 aliphatic rings. The normalized spacial score (nSPS) is 17.4. The van der Waals surface area contributed by atoms with Gasteiger partial charge in [-0.25, -0.2) is 4.99 Å². The first kappa shape index (κ1) is 22.1. The Morgan fingerprint density at radius 2 is 1.59 bits per heavy atom. The van der Waals surface area contributed by atoms with Crippen LogP contribution in [-0.4, -0.2) is 39.0 Å². The lowest BCUT2D eigenvalue weighted by atomic mass is 10.0. The van der Waals surface area contributed by atoms with Crippen molar-refractivity contribution in [1.82, 2.24) is 10.2 Å². The predicted octanol–water partition coefficient (Wildman–Crippen LogP) is 4.33. The Kier molecular flexibility index (Phi) is 6.27. The van der Waals surface area contributed by atoms with Crippen molar-refractivity contribution in [3.63, 3.8) is 0 Å². The summed E-state index contributed by atoms with van der Waals surface area (Å²) in [6.07, 6.45) is 0.517. The molecule has 170 valence electrons. The largest absolute Gasteiger partial charge is 0.351 e. The number of rotatable bonds is 6. The van der Waals surface area contributed by atoms with Gasteiger partial charge in [-0.05, 0) is 30.2 Å². The predicted molar refractivity (Wildman–Crippen MR) is 136 cm³/mol. The number of benzene rings is 3. The van der Waals surface area contributed by atoms with Crippen molar-refractivity contribution in [3.05, 3.63) is 102 Å². The second kappa shape index (κ2) is 9.65. The highest BCUT2D eigenvalue weighted by atomic mass is 32.2. The van der Waals surface area contributed by atoms with Crippen LogP contribution in [0.3, 0.4) is 0 Å². The molecule has 5 rings (SSSR count). The van der Waals surface area contributed by atoms with Crippen molar-refractivity contribution in [1.29, 1.82) is 0 Å². The summed E-state index contributed by atoms with van der Waals surface area (Å²) >= 11 is 1.35. The lowest BCUT2D eigenvalue weighted by Crippen LogP contribution is -2.45. The molecule has 2 unspecified atom stereocenters. The molecule has 3 aromatic carbocycles. The third kappa shape index (κ3) is 4.52. The molecule has 0 radical (unpaired) electrons. The summed E-state index contributed by atoms with van der Waals surface area (Å²) in [5.41, 5.74) is 3.68. The van der Waals surface area contributed by atoms with Crippen molar-refractivity contribution in [2.24, 2.45) is 9.98 Å². The Morgan fingerprint density at radius 1 is 0.941 bits per heavy atom. The molecular formula is C27H24N4O2S. The van der Waals surface area contributed by atoms with Crippen LogP contribution < -0.4 is 5.32 Å². The van der Waals surface area contributed by atoms with Crippen molar-refractivity contribution in [2.45, 2.75) is 31.2 Å². The van der Waals surface area contributed by atoms with E-state index in [9.17, 15) is 9.59 Å². The average molecular weight is 469 g/mol. The van der Waals surface area contributed by atoms with Gasteiger partial charge < -0.3 is 5.32 Å². The molecule has 0 spiro atoms. The highest BCUT2D eigenvalue weighted by Gasteiger charge is 2.42. The Hall–Kier alpha value is -3.71. The summed E-state index contributed by atoms with van der Waals surface area (Å²) in [5, 5.41) is 3.21. The fourth-order valence-corrected chi connectivity index (χ4v) is 5.05. The molecular weight excluding hydrogens is 444 g/mol. The van der Waals surface area contributed by atoms with Gasteiger partial charge in [0.1, 0.15) is 11.9 Å². The van der Waals surface area contributed by atoms with Crippen LogP contribution in [0.1, 0.15) is 23.6 Å². The number of fused-ring (bicyclic) bond motifs is 3. The molecule has 0 saturated carbocycles. The maximum absolute atomic E-state index is 13.0. The molecule has 7 heteroatoms. The zero-order valence-corrected chi connectivity index (χ0v) is 19.5. The van der Waals surface area contributed by atoms with Crippen LogP contribution in [-0.2, 0) is 22.6 Å². The second-order valence-electron chi connectivity index (χ2n) is 8.22. The number of amides is 2. The number of amidine groups is 2. The minimum absolute atomic E-state index is 0.0842. The van der Waals surface area contributed by atoms with Gasteiger partial charge in [0.2, 0.25) is 5.91 Å². The topological polar surface area (TPSA) is 74.1 Å². The number of carbonyl (C=O) groups excluding carboxylic acids is 2. The lowest BCUT2D eigenvalue weighted by molar-refractivity contribution is -0.120. The van der Waals surface area contributed by atoms with Gasteiger partial charge in [0.05, 0.1) is 10.9 Å². The first-order valence-electron chi connectivity index (χ1n) is 11.2. The molecule has 0 bridgehead atoms. The van der Waals surface area contributed by atoms with Gasteiger partial charge in [0.15, 0.2) is 5.17 Å². The summed E-state index contributed by atoms with van der Waals surface area (Å²) in [7, 11) is 0. The van der Waals surface area contributed by atoms with E-state index < -0.39 is 11.3 Å². The van der Waals surface area contributed by atoms with E-state index in [-0.39, 0.29) is 11.8 Å². The van der Waals surface area contributed by atoms with Crippen LogP contribution in [0, 0.1) is 0 Å². The first-order chi connectivity index (χ1) is 16.6. The zero-order valence-electron chi connectivity index (χ0n) is 18.7. The first-order valence-corrected chi connectivity index (χ1v) is 12.1. The molecule has 2 heterocycles. The van der Waals surface area contributed by atoms with Crippen LogP contribution in [0.4, 0.5) is 5.69 Å². The van der Waals surface area contributed by atoms with Crippen LogP contribution in [0.5, 0.6) is 0 Å². The Morgan fingerprint density at radius 3 is 2.32 bits per heavy atom. The number of hydrogen-bond donors (Lipinski definition) is 1. The number of para-hydroxylation sites is 1. The number of nitrogens with one attached hydrogen (secondary N) is 1. The Labute approximate surface area is 202 Å². The number of carbonyl (C=O) groups is 2. The summed E-state index contributed by atoms with van der Waals surface area (Å²) in [4.78, 5) is 37.0. The molecule has 6 nitrogen and oxygen atoms in total. The molecule has 0 fully saturated rings. The molecule has 0 aromatic heterocycles. The van der Waals surface area contributed by atoms with Gasteiger partial charge in [0, 0.05) is 18.5 Å². The number of nitrogens with zero attached hydrogens (tertiary/aromatic N) is 3. The minimum Gasteiger partial charge on any atom is -0.351 e. The lowest BCUT2D eigenvalue weighted by Gasteiger charge is -2.32. The van der Waals surface area contributed by atoms with Crippen LogP contribution in [0.25, 0.3) is 0 Å². The fourth-order valence-electron chi connectivity index (χ4n) is 4.06. The standard InChI is InChI=1S/C27H24N4O2S/c1-18(25(32)28-17-20-12-6-3-7-13-20)34-27-29-22-15-9-8-14-21(22)24-30-26(33)23(31(24)27)16-19-10-4-2-5-11-19/h2-15,18,23H,16-17H2,1H3,(H,28,32). The number of thioether (sulfide) groups is 1. The summed E-state index contributed by atoms with van der Waals surface area (Å²) < 4.78 is 0. The average Bonchev–Trinajstić information content (AvgIpc) is 3.20. The van der Waals surface area contributed by atoms with Gasteiger partial charge in [-0.2, -0.15) is 4.99 Å². The van der Waals surface area contributed by atoms with E-state index in [1.807, 2.05) is 96.8 Å². The van der Waals surface area contributed by atoms with Gasteiger partial charge in [-0.3, -0.25) is 14.5 Å². The Balaban J connectivity index is 1.39. The third-order valence-electron chi connectivity index (χ3n) is 5.84. The van der Waals surface area contributed by atoms with Gasteiger partial charge >= 0.3 is 0 Å². The molecule has 34 heavy (non-hydrogen) atoms. The van der Waals surface area contributed by atoms with Crippen molar-refractivity contribution in [2.75, 3.05) is 0 Å². The maximum Gasteiger partial charge on any atom is 0.271 e. The van der Waals surface area contributed by atoms with Crippen molar-refractivity contribution >= 4 is 40.3 Å². The number of hydrogen-bond acceptors (Lipinski definition) is 5. The van der Waals surface area contributed by atoms with Crippen molar-refractivity contribution in [3.8, 4) is 0 Å². The molecule has 0 aliphatic carbocycles. The molecule has 1 N–H and O–H groups in total. The smallest absolute Gasteiger partial charge is 0.271 e. The van der Waals surface area contributed by atoms with E-state index in [0.29, 0.717) is 24.0 Å². The van der Waals surface area contributed by atoms with Gasteiger partial charge in [-0.1, -0.05) is 84.6 Å². The van der Waals surface area contributed by atoms with E-state index in [2.05, 4.69) is 10.3 Å². The zero-order chi connectivity index (χ0) is 23.5. The molecule has 2 aliphatic heterocycles. The molecule has 3 aromatic rings. The summed E-state index contributed by atoms with van der Waals surface area (Å²) in [5.74, 6) is 0.333. The maximum atomic E-state index is 13.0. The van der Waals surface area contributed by atoms with Crippen LogP contribution in [0.2, 0.25) is 0 Å². The third-order valence-corrected chi connectivity index (χ3v) is 6.91. The van der Waals surface area contributed by atoms with Crippen LogP contribution >= 0.6 is 11.8 Å². The minimum atomic E-state index is -0.489. The van der Waals surface area contributed by atoms with E-state index in [4.69, 9.17) is 4.99 Å². The summed E-state index contributed by atoms with van der Waals surface area (Å²) in [6, 6.07) is 26.9. The number of aliphatic imine (C=N–C) groups is 2. The Bertz CT molecular complexity index is 1270. The van der Waals surface area contributed by atoms with Crippen molar-refractivity contribution < 1.29 is 9.59 Å². The summed E-state index contributed by atoms with van der Waals surface area (Å²) in [6.45, 7) is 2.32. The van der Waals surface area contributed by atoms with E-state index >= 15 is 0 Å². The quantitative estimate of drug-likeness (QED) is 0.585.